The normalized spacial score (nSPS) is 15.2. The molecule has 9 nitrogen and oxygen atoms in total. The fourth-order valence-electron chi connectivity index (χ4n) is 2.58. The minimum atomic E-state index is -4.16. The molecule has 1 heterocycles. The van der Waals surface area contributed by atoms with Crippen molar-refractivity contribution in [3.8, 4) is 5.75 Å². The number of nitro groups is 1. The van der Waals surface area contributed by atoms with Crippen molar-refractivity contribution >= 4 is 21.7 Å². The maximum Gasteiger partial charge on any atom is 0.343 e. The van der Waals surface area contributed by atoms with Crippen LogP contribution in [0, 0.1) is 15.9 Å². The van der Waals surface area contributed by atoms with E-state index < -0.39 is 31.6 Å². The zero-order valence-corrected chi connectivity index (χ0v) is 15.2. The monoisotopic (exact) mass is 410 g/mol. The Morgan fingerprint density at radius 2 is 1.89 bits per heavy atom. The second-order valence-electron chi connectivity index (χ2n) is 5.81. The largest absolute Gasteiger partial charge is 0.423 e. The van der Waals surface area contributed by atoms with E-state index >= 15 is 0 Å². The summed E-state index contributed by atoms with van der Waals surface area (Å²) in [6, 6.07) is 7.76. The molecule has 0 N–H and O–H groups in total. The van der Waals surface area contributed by atoms with Gasteiger partial charge in [0, 0.05) is 19.2 Å². The summed E-state index contributed by atoms with van der Waals surface area (Å²) >= 11 is 0. The van der Waals surface area contributed by atoms with Gasteiger partial charge in [-0.05, 0) is 24.3 Å². The van der Waals surface area contributed by atoms with Crippen LogP contribution in [0.4, 0.5) is 10.1 Å². The third kappa shape index (κ3) is 4.16. The highest BCUT2D eigenvalue weighted by Crippen LogP contribution is 2.24. The number of sulfonamides is 1. The molecule has 1 saturated heterocycles. The number of rotatable bonds is 5. The Bertz CT molecular complexity index is 1020. The first-order chi connectivity index (χ1) is 13.3. The second kappa shape index (κ2) is 8.00. The molecule has 2 aromatic carbocycles. The van der Waals surface area contributed by atoms with E-state index in [0.29, 0.717) is 0 Å². The van der Waals surface area contributed by atoms with Crippen molar-refractivity contribution in [3.05, 3.63) is 64.0 Å². The number of carbonyl (C=O) groups excluding carboxylic acids is 1. The van der Waals surface area contributed by atoms with E-state index in [2.05, 4.69) is 0 Å². The molecule has 0 atom stereocenters. The molecule has 0 radical (unpaired) electrons. The summed E-state index contributed by atoms with van der Waals surface area (Å²) in [7, 11) is -4.16. The van der Waals surface area contributed by atoms with Crippen LogP contribution in [0.15, 0.2) is 47.4 Å². The first kappa shape index (κ1) is 19.9. The van der Waals surface area contributed by atoms with Crippen LogP contribution >= 0.6 is 0 Å². The van der Waals surface area contributed by atoms with Gasteiger partial charge in [-0.25, -0.2) is 17.6 Å². The van der Waals surface area contributed by atoms with E-state index in [9.17, 15) is 27.7 Å². The van der Waals surface area contributed by atoms with Gasteiger partial charge in [0.15, 0.2) is 0 Å². The number of hydrogen-bond acceptors (Lipinski definition) is 7. The van der Waals surface area contributed by atoms with Crippen LogP contribution in [0.25, 0.3) is 0 Å². The third-order valence-electron chi connectivity index (χ3n) is 3.99. The Morgan fingerprint density at radius 1 is 1.18 bits per heavy atom. The molecule has 0 unspecified atom stereocenters. The van der Waals surface area contributed by atoms with E-state index in [4.69, 9.17) is 9.47 Å². The number of esters is 1. The Hall–Kier alpha value is -2.89. The molecule has 11 heteroatoms. The van der Waals surface area contributed by atoms with Gasteiger partial charge in [0.05, 0.1) is 29.8 Å². The molecular formula is C17H15FN2O7S. The van der Waals surface area contributed by atoms with Gasteiger partial charge >= 0.3 is 5.97 Å². The lowest BCUT2D eigenvalue weighted by atomic mass is 10.2. The van der Waals surface area contributed by atoms with Gasteiger partial charge in [0.2, 0.25) is 10.0 Å². The van der Waals surface area contributed by atoms with Crippen molar-refractivity contribution in [2.75, 3.05) is 26.3 Å². The molecule has 0 saturated carbocycles. The van der Waals surface area contributed by atoms with Crippen LogP contribution in [0.5, 0.6) is 5.75 Å². The summed E-state index contributed by atoms with van der Waals surface area (Å²) in [6.07, 6.45) is 0. The average molecular weight is 410 g/mol. The maximum atomic E-state index is 14.2. The van der Waals surface area contributed by atoms with Crippen LogP contribution in [-0.4, -0.2) is 49.9 Å². The van der Waals surface area contributed by atoms with Crippen LogP contribution in [0.2, 0.25) is 0 Å². The van der Waals surface area contributed by atoms with Crippen molar-refractivity contribution in [2.24, 2.45) is 0 Å². The van der Waals surface area contributed by atoms with Crippen molar-refractivity contribution in [3.63, 3.8) is 0 Å². The van der Waals surface area contributed by atoms with E-state index in [1.807, 2.05) is 0 Å². The van der Waals surface area contributed by atoms with Crippen molar-refractivity contribution in [1.29, 1.82) is 0 Å². The van der Waals surface area contributed by atoms with Crippen molar-refractivity contribution < 1.29 is 32.0 Å². The number of non-ortho nitro benzene ring substituents is 1. The van der Waals surface area contributed by atoms with Gasteiger partial charge in [-0.15, -0.1) is 0 Å². The van der Waals surface area contributed by atoms with Crippen LogP contribution in [0.3, 0.4) is 0 Å². The highest BCUT2D eigenvalue weighted by molar-refractivity contribution is 7.89. The summed E-state index contributed by atoms with van der Waals surface area (Å²) in [6.45, 7) is 0.527. The number of hydrogen-bond donors (Lipinski definition) is 0. The topological polar surface area (TPSA) is 116 Å². The standard InChI is InChI=1S/C17H15FN2O7S/c18-15-5-4-12(10-16(15)28(24,25)19-6-8-26-9-7-19)17(21)27-14-3-1-2-13(11-14)20(22)23/h1-5,10-11H,6-9H2. The van der Waals surface area contributed by atoms with Crippen molar-refractivity contribution in [1.82, 2.24) is 4.31 Å². The number of nitro benzene ring substituents is 1. The van der Waals surface area contributed by atoms with Gasteiger partial charge in [0.1, 0.15) is 16.5 Å². The van der Waals surface area contributed by atoms with E-state index in [0.717, 1.165) is 28.6 Å². The average Bonchev–Trinajstić information content (AvgIpc) is 2.69. The third-order valence-corrected chi connectivity index (χ3v) is 5.91. The Kier molecular flexibility index (Phi) is 5.68. The first-order valence-electron chi connectivity index (χ1n) is 8.13. The Morgan fingerprint density at radius 3 is 2.57 bits per heavy atom. The maximum absolute atomic E-state index is 14.2. The molecular weight excluding hydrogens is 395 g/mol. The lowest BCUT2D eigenvalue weighted by Crippen LogP contribution is -2.41. The van der Waals surface area contributed by atoms with Crippen molar-refractivity contribution in [2.45, 2.75) is 4.90 Å². The Balaban J connectivity index is 1.87. The quantitative estimate of drug-likeness (QED) is 0.320. The predicted molar refractivity (Wildman–Crippen MR) is 94.0 cm³/mol. The molecule has 0 amide bonds. The molecule has 0 aromatic heterocycles. The first-order valence-corrected chi connectivity index (χ1v) is 9.57. The number of ether oxygens (including phenoxy) is 2. The highest BCUT2D eigenvalue weighted by atomic mass is 32.2. The molecule has 148 valence electrons. The lowest BCUT2D eigenvalue weighted by Gasteiger charge is -2.26. The fourth-order valence-corrected chi connectivity index (χ4v) is 4.08. The zero-order valence-electron chi connectivity index (χ0n) is 14.4. The van der Waals surface area contributed by atoms with Gasteiger partial charge in [-0.2, -0.15) is 4.31 Å². The molecule has 2 aromatic rings. The minimum Gasteiger partial charge on any atom is -0.423 e. The molecule has 28 heavy (non-hydrogen) atoms. The molecule has 0 aliphatic carbocycles. The summed E-state index contributed by atoms with van der Waals surface area (Å²) < 4.78 is 50.7. The fraction of sp³-hybridized carbons (Fsp3) is 0.235. The van der Waals surface area contributed by atoms with Gasteiger partial charge in [0.25, 0.3) is 5.69 Å². The number of nitrogens with zero attached hydrogens (tertiary/aromatic N) is 2. The molecule has 1 aliphatic heterocycles. The molecule has 3 rings (SSSR count). The smallest absolute Gasteiger partial charge is 0.343 e. The van der Waals surface area contributed by atoms with Gasteiger partial charge < -0.3 is 9.47 Å². The molecule has 0 bridgehead atoms. The van der Waals surface area contributed by atoms with E-state index in [1.54, 1.807) is 0 Å². The second-order valence-corrected chi connectivity index (χ2v) is 7.71. The number of carbonyl (C=O) groups is 1. The zero-order chi connectivity index (χ0) is 20.3. The van der Waals surface area contributed by atoms with E-state index in [-0.39, 0.29) is 43.3 Å². The Labute approximate surface area is 159 Å². The number of morpholine rings is 1. The summed E-state index contributed by atoms with van der Waals surface area (Å²) in [4.78, 5) is 21.8. The minimum absolute atomic E-state index is 0.0735. The number of benzene rings is 2. The highest BCUT2D eigenvalue weighted by Gasteiger charge is 2.30. The summed E-state index contributed by atoms with van der Waals surface area (Å²) in [5, 5.41) is 10.8. The molecule has 0 spiro atoms. The van der Waals surface area contributed by atoms with Gasteiger partial charge in [-0.3, -0.25) is 10.1 Å². The molecule has 1 fully saturated rings. The van der Waals surface area contributed by atoms with E-state index in [1.165, 1.54) is 18.2 Å². The van der Waals surface area contributed by atoms with Crippen LogP contribution in [-0.2, 0) is 14.8 Å². The molecule has 1 aliphatic rings. The summed E-state index contributed by atoms with van der Waals surface area (Å²) in [5.74, 6) is -2.07. The van der Waals surface area contributed by atoms with Crippen LogP contribution in [0.1, 0.15) is 10.4 Å². The van der Waals surface area contributed by atoms with Crippen LogP contribution < -0.4 is 4.74 Å². The lowest BCUT2D eigenvalue weighted by molar-refractivity contribution is -0.384. The SMILES string of the molecule is O=C(Oc1cccc([N+](=O)[O-])c1)c1ccc(F)c(S(=O)(=O)N2CCOCC2)c1. The predicted octanol–water partition coefficient (Wildman–Crippen LogP) is 1.97. The van der Waals surface area contributed by atoms with Gasteiger partial charge in [-0.1, -0.05) is 6.07 Å². The summed E-state index contributed by atoms with van der Waals surface area (Å²) in [5.41, 5.74) is -0.486. The number of halogens is 1.